The Bertz CT molecular complexity index is 792. The predicted octanol–water partition coefficient (Wildman–Crippen LogP) is 10.8. The van der Waals surface area contributed by atoms with Crippen molar-refractivity contribution in [2.45, 2.75) is 182 Å². The number of hydrogen-bond acceptors (Lipinski definition) is 7. The van der Waals surface area contributed by atoms with Crippen molar-refractivity contribution in [3.05, 3.63) is 12.2 Å². The Kier molecular flexibility index (Phi) is 28.2. The van der Waals surface area contributed by atoms with E-state index in [9.17, 15) is 19.0 Å². The number of phosphoric acid groups is 1. The highest BCUT2D eigenvalue weighted by molar-refractivity contribution is 7.47. The van der Waals surface area contributed by atoms with Crippen LogP contribution in [0.4, 0.5) is 0 Å². The lowest BCUT2D eigenvalue weighted by Gasteiger charge is -2.21. The molecule has 0 bridgehead atoms. The molecule has 0 aliphatic heterocycles. The molecule has 0 saturated heterocycles. The molecule has 0 fully saturated rings. The van der Waals surface area contributed by atoms with Crippen LogP contribution < -0.4 is 0 Å². The summed E-state index contributed by atoms with van der Waals surface area (Å²) < 4.78 is 33.5. The summed E-state index contributed by atoms with van der Waals surface area (Å²) in [6, 6.07) is 0. The maximum atomic E-state index is 12.5. The first-order valence-corrected chi connectivity index (χ1v) is 19.6. The van der Waals surface area contributed by atoms with Gasteiger partial charge in [-0.25, -0.2) is 4.57 Å². The van der Waals surface area contributed by atoms with E-state index in [1.807, 2.05) is 27.7 Å². The van der Waals surface area contributed by atoms with E-state index in [1.54, 1.807) is 0 Å². The van der Waals surface area contributed by atoms with Crippen LogP contribution in [-0.4, -0.2) is 42.8 Å². The third-order valence-electron chi connectivity index (χ3n) is 7.73. The van der Waals surface area contributed by atoms with Crippen LogP contribution in [0.15, 0.2) is 12.2 Å². The molecule has 0 amide bonds. The first-order chi connectivity index (χ1) is 21.5. The number of esters is 2. The maximum absolute atomic E-state index is 12.5. The van der Waals surface area contributed by atoms with Crippen LogP contribution in [0.2, 0.25) is 0 Å². The summed E-state index contributed by atoms with van der Waals surface area (Å²) in [4.78, 5) is 35.0. The zero-order valence-electron chi connectivity index (χ0n) is 29.7. The molecule has 0 aromatic carbocycles. The zero-order chi connectivity index (χ0) is 33.7. The second-order valence-corrected chi connectivity index (χ2v) is 15.0. The van der Waals surface area contributed by atoms with Crippen molar-refractivity contribution < 1.29 is 37.6 Å². The van der Waals surface area contributed by atoms with Crippen molar-refractivity contribution in [2.24, 2.45) is 5.41 Å². The number of hydrogen-bond donors (Lipinski definition) is 1. The van der Waals surface area contributed by atoms with Gasteiger partial charge in [0.15, 0.2) is 6.10 Å². The molecule has 0 heterocycles. The summed E-state index contributed by atoms with van der Waals surface area (Å²) in [5.41, 5.74) is -0.0634. The van der Waals surface area contributed by atoms with Gasteiger partial charge < -0.3 is 14.4 Å². The molecular weight excluding hydrogens is 591 g/mol. The minimum atomic E-state index is -4.35. The standard InChI is InChI=1S/C36H69O8P/c1-6-8-10-12-14-16-17-18-19-20-22-23-25-27-34(37)41-31-33(32-43-45(39,40)42-30-29-36(3,4)5)44-35(38)28-26-24-21-15-13-11-9-7-2/h7,9,33H,6,8,10-32H2,1-5H3,(H,39,40)/b9-7-. The number of ether oxygens (including phenoxy) is 2. The van der Waals surface area contributed by atoms with Crippen molar-refractivity contribution in [3.8, 4) is 0 Å². The molecule has 0 aliphatic rings. The average Bonchev–Trinajstić information content (AvgIpc) is 2.97. The predicted molar refractivity (Wildman–Crippen MR) is 184 cm³/mol. The molecule has 9 heteroatoms. The monoisotopic (exact) mass is 660 g/mol. The van der Waals surface area contributed by atoms with E-state index in [0.29, 0.717) is 19.3 Å². The van der Waals surface area contributed by atoms with Crippen molar-refractivity contribution >= 4 is 19.8 Å². The number of carbonyl (C=O) groups excluding carboxylic acids is 2. The molecule has 0 spiro atoms. The third-order valence-corrected chi connectivity index (χ3v) is 8.71. The Balaban J connectivity index is 4.41. The van der Waals surface area contributed by atoms with Gasteiger partial charge >= 0.3 is 19.8 Å². The van der Waals surface area contributed by atoms with Crippen LogP contribution in [0.25, 0.3) is 0 Å². The van der Waals surface area contributed by atoms with Gasteiger partial charge in [-0.15, -0.1) is 0 Å². The normalized spacial score (nSPS) is 14.0. The van der Waals surface area contributed by atoms with Crippen LogP contribution in [0.3, 0.4) is 0 Å². The fourth-order valence-corrected chi connectivity index (χ4v) is 5.57. The SMILES string of the molecule is C/C=C\CCCCCCCC(=O)OC(COC(=O)CCCCCCCCCCCCCCC)COP(=O)(O)OCCC(C)(C)C. The molecule has 266 valence electrons. The largest absolute Gasteiger partial charge is 0.472 e. The van der Waals surface area contributed by atoms with Gasteiger partial charge in [-0.1, -0.05) is 136 Å². The van der Waals surface area contributed by atoms with E-state index >= 15 is 0 Å². The Morgan fingerprint density at radius 2 is 1.20 bits per heavy atom. The van der Waals surface area contributed by atoms with Gasteiger partial charge in [0.05, 0.1) is 13.2 Å². The van der Waals surface area contributed by atoms with Crippen LogP contribution >= 0.6 is 7.82 Å². The van der Waals surface area contributed by atoms with E-state index < -0.39 is 26.5 Å². The van der Waals surface area contributed by atoms with E-state index in [-0.39, 0.29) is 31.0 Å². The molecule has 0 aliphatic carbocycles. The van der Waals surface area contributed by atoms with E-state index in [2.05, 4.69) is 19.1 Å². The molecule has 0 aromatic rings. The molecule has 2 atom stereocenters. The van der Waals surface area contributed by atoms with Gasteiger partial charge in [-0.3, -0.25) is 18.6 Å². The van der Waals surface area contributed by atoms with Gasteiger partial charge in [0.1, 0.15) is 6.61 Å². The first kappa shape index (κ1) is 43.8. The highest BCUT2D eigenvalue weighted by Gasteiger charge is 2.26. The molecule has 2 unspecified atom stereocenters. The molecule has 0 radical (unpaired) electrons. The summed E-state index contributed by atoms with van der Waals surface area (Å²) in [7, 11) is -4.35. The number of rotatable bonds is 31. The minimum Gasteiger partial charge on any atom is -0.462 e. The summed E-state index contributed by atoms with van der Waals surface area (Å²) in [5.74, 6) is -0.808. The number of unbranched alkanes of at least 4 members (excludes halogenated alkanes) is 17. The molecular formula is C36H69O8P. The molecule has 1 N–H and O–H groups in total. The van der Waals surface area contributed by atoms with Gasteiger partial charge in [0.2, 0.25) is 0 Å². The number of carbonyl (C=O) groups is 2. The van der Waals surface area contributed by atoms with Crippen molar-refractivity contribution in [1.29, 1.82) is 0 Å². The third kappa shape index (κ3) is 32.5. The van der Waals surface area contributed by atoms with Gasteiger partial charge in [-0.2, -0.15) is 0 Å². The second-order valence-electron chi connectivity index (χ2n) is 13.6. The zero-order valence-corrected chi connectivity index (χ0v) is 30.6. The lowest BCUT2D eigenvalue weighted by atomic mass is 9.93. The Hall–Kier alpha value is -1.21. The smallest absolute Gasteiger partial charge is 0.462 e. The van der Waals surface area contributed by atoms with Gasteiger partial charge in [0.25, 0.3) is 0 Å². The van der Waals surface area contributed by atoms with Crippen LogP contribution in [0.1, 0.15) is 176 Å². The van der Waals surface area contributed by atoms with Crippen molar-refractivity contribution in [1.82, 2.24) is 0 Å². The lowest BCUT2D eigenvalue weighted by Crippen LogP contribution is -2.29. The summed E-state index contributed by atoms with van der Waals surface area (Å²) in [6.07, 6.45) is 26.3. The molecule has 0 rings (SSSR count). The molecule has 8 nitrogen and oxygen atoms in total. The summed E-state index contributed by atoms with van der Waals surface area (Å²) >= 11 is 0. The Morgan fingerprint density at radius 3 is 1.71 bits per heavy atom. The number of phosphoric ester groups is 1. The topological polar surface area (TPSA) is 108 Å². The van der Waals surface area contributed by atoms with Gasteiger partial charge in [-0.05, 0) is 44.4 Å². The van der Waals surface area contributed by atoms with Crippen LogP contribution in [0, 0.1) is 5.41 Å². The molecule has 0 aromatic heterocycles. The quantitative estimate of drug-likeness (QED) is 0.0339. The van der Waals surface area contributed by atoms with Crippen molar-refractivity contribution in [3.63, 3.8) is 0 Å². The maximum Gasteiger partial charge on any atom is 0.472 e. The average molecular weight is 661 g/mol. The lowest BCUT2D eigenvalue weighted by molar-refractivity contribution is -0.161. The first-order valence-electron chi connectivity index (χ1n) is 18.1. The highest BCUT2D eigenvalue weighted by atomic mass is 31.2. The Labute approximate surface area is 276 Å². The molecule has 0 saturated carbocycles. The van der Waals surface area contributed by atoms with E-state index in [0.717, 1.165) is 51.4 Å². The number of allylic oxidation sites excluding steroid dienone is 2. The fraction of sp³-hybridized carbons (Fsp3) is 0.889. The van der Waals surface area contributed by atoms with Gasteiger partial charge in [0, 0.05) is 12.8 Å². The van der Waals surface area contributed by atoms with Crippen molar-refractivity contribution in [2.75, 3.05) is 19.8 Å². The Morgan fingerprint density at radius 1 is 0.711 bits per heavy atom. The second kappa shape index (κ2) is 29.0. The summed E-state index contributed by atoms with van der Waals surface area (Å²) in [5, 5.41) is 0. The van der Waals surface area contributed by atoms with Crippen LogP contribution in [0.5, 0.6) is 0 Å². The highest BCUT2D eigenvalue weighted by Crippen LogP contribution is 2.44. The van der Waals surface area contributed by atoms with E-state index in [1.165, 1.54) is 64.2 Å². The van der Waals surface area contributed by atoms with Crippen LogP contribution in [-0.2, 0) is 32.7 Å². The summed E-state index contributed by atoms with van der Waals surface area (Å²) in [6.45, 7) is 9.72. The molecule has 45 heavy (non-hydrogen) atoms. The minimum absolute atomic E-state index is 0.0601. The fourth-order valence-electron chi connectivity index (χ4n) is 4.82. The van der Waals surface area contributed by atoms with E-state index in [4.69, 9.17) is 18.5 Å².